The second kappa shape index (κ2) is 6.67. The maximum Gasteiger partial charge on any atom is 0.0946 e. The number of ether oxygens (including phenoxy) is 1. The number of hydrogen-bond donors (Lipinski definition) is 1. The molecule has 2 heterocycles. The molecule has 0 spiro atoms. The molecule has 2 aromatic rings. The summed E-state index contributed by atoms with van der Waals surface area (Å²) in [6.45, 7) is 2.63. The van der Waals surface area contributed by atoms with E-state index in [0.29, 0.717) is 6.04 Å². The topological polar surface area (TPSA) is 42.3 Å². The molecule has 2 aliphatic rings. The summed E-state index contributed by atoms with van der Waals surface area (Å²) in [6, 6.07) is 9.55. The van der Waals surface area contributed by atoms with Crippen molar-refractivity contribution in [3.63, 3.8) is 0 Å². The van der Waals surface area contributed by atoms with Gasteiger partial charge in [-0.05, 0) is 31.0 Å². The van der Waals surface area contributed by atoms with Gasteiger partial charge in [0.15, 0.2) is 0 Å². The van der Waals surface area contributed by atoms with Gasteiger partial charge < -0.3 is 14.6 Å². The van der Waals surface area contributed by atoms with Crippen molar-refractivity contribution in [1.82, 2.24) is 19.8 Å². The molecule has 0 saturated carbocycles. The number of likely N-dealkylation sites (N-methyl/N-ethyl adjacent to an activating group) is 1. The van der Waals surface area contributed by atoms with Crippen LogP contribution in [0.4, 0.5) is 0 Å². The van der Waals surface area contributed by atoms with E-state index >= 15 is 0 Å². The number of morpholine rings is 1. The van der Waals surface area contributed by atoms with Crippen molar-refractivity contribution in [3.05, 3.63) is 53.6 Å². The van der Waals surface area contributed by atoms with Gasteiger partial charge >= 0.3 is 0 Å². The van der Waals surface area contributed by atoms with Crippen LogP contribution in [0.25, 0.3) is 0 Å². The minimum absolute atomic E-state index is 0.155. The van der Waals surface area contributed by atoms with Crippen LogP contribution in [-0.2, 0) is 24.6 Å². The first-order chi connectivity index (χ1) is 11.7. The van der Waals surface area contributed by atoms with Gasteiger partial charge in [0.25, 0.3) is 0 Å². The zero-order valence-electron chi connectivity index (χ0n) is 14.5. The summed E-state index contributed by atoms with van der Waals surface area (Å²) in [5, 5.41) is 3.75. The van der Waals surface area contributed by atoms with Crippen LogP contribution in [-0.4, -0.2) is 53.3 Å². The molecule has 1 N–H and O–H groups in total. The Morgan fingerprint density at radius 2 is 1.96 bits per heavy atom. The Morgan fingerprint density at radius 1 is 1.21 bits per heavy atom. The van der Waals surface area contributed by atoms with Crippen molar-refractivity contribution in [1.29, 1.82) is 0 Å². The Morgan fingerprint density at radius 3 is 2.62 bits per heavy atom. The monoisotopic (exact) mass is 326 g/mol. The van der Waals surface area contributed by atoms with Crippen molar-refractivity contribution < 1.29 is 4.74 Å². The molecule has 1 saturated heterocycles. The van der Waals surface area contributed by atoms with Gasteiger partial charge in [0.1, 0.15) is 0 Å². The van der Waals surface area contributed by atoms with Crippen LogP contribution in [0.15, 0.2) is 36.8 Å². The highest BCUT2D eigenvalue weighted by atomic mass is 16.5. The smallest absolute Gasteiger partial charge is 0.0946 e. The summed E-state index contributed by atoms with van der Waals surface area (Å²) in [5.74, 6) is 0. The lowest BCUT2D eigenvalue weighted by molar-refractivity contribution is -0.0643. The highest BCUT2D eigenvalue weighted by Crippen LogP contribution is 2.28. The first-order valence-electron chi connectivity index (χ1n) is 8.80. The Labute approximate surface area is 143 Å². The maximum absolute atomic E-state index is 6.13. The molecule has 5 nitrogen and oxygen atoms in total. The van der Waals surface area contributed by atoms with Crippen LogP contribution < -0.4 is 5.32 Å². The second-order valence-electron chi connectivity index (χ2n) is 7.05. The highest BCUT2D eigenvalue weighted by molar-refractivity contribution is 5.33. The number of imidazole rings is 1. The predicted octanol–water partition coefficient (Wildman–Crippen LogP) is 1.55. The lowest BCUT2D eigenvalue weighted by Crippen LogP contribution is -2.49. The number of benzene rings is 1. The fraction of sp³-hybridized carbons (Fsp3) is 0.526. The number of aromatic nitrogens is 2. The van der Waals surface area contributed by atoms with Crippen LogP contribution in [0, 0.1) is 0 Å². The van der Waals surface area contributed by atoms with Crippen LogP contribution in [0.5, 0.6) is 0 Å². The molecule has 24 heavy (non-hydrogen) atoms. The summed E-state index contributed by atoms with van der Waals surface area (Å²) < 4.78 is 8.24. The largest absolute Gasteiger partial charge is 0.374 e. The number of rotatable bonds is 4. The van der Waals surface area contributed by atoms with E-state index in [1.807, 2.05) is 12.5 Å². The third-order valence-corrected chi connectivity index (χ3v) is 5.42. The van der Waals surface area contributed by atoms with Crippen molar-refractivity contribution in [2.45, 2.75) is 31.0 Å². The van der Waals surface area contributed by atoms with E-state index in [1.54, 1.807) is 0 Å². The zero-order chi connectivity index (χ0) is 16.5. The molecule has 1 aliphatic carbocycles. The fourth-order valence-corrected chi connectivity index (χ4v) is 4.09. The van der Waals surface area contributed by atoms with E-state index in [0.717, 1.165) is 32.5 Å². The summed E-state index contributed by atoms with van der Waals surface area (Å²) in [7, 11) is 4.24. The first kappa shape index (κ1) is 15.8. The van der Waals surface area contributed by atoms with E-state index in [2.05, 4.69) is 58.1 Å². The van der Waals surface area contributed by atoms with E-state index in [1.165, 1.54) is 16.8 Å². The normalized spacial score (nSPS) is 25.1. The molecule has 128 valence electrons. The molecule has 1 fully saturated rings. The average Bonchev–Trinajstić information content (AvgIpc) is 3.18. The average molecular weight is 326 g/mol. The van der Waals surface area contributed by atoms with Crippen molar-refractivity contribution in [2.75, 3.05) is 26.7 Å². The van der Waals surface area contributed by atoms with E-state index in [-0.39, 0.29) is 12.1 Å². The molecule has 0 radical (unpaired) electrons. The van der Waals surface area contributed by atoms with Gasteiger partial charge in [0.2, 0.25) is 0 Å². The number of nitrogens with one attached hydrogen (secondary N) is 1. The molecule has 0 amide bonds. The molecule has 2 atom stereocenters. The van der Waals surface area contributed by atoms with Gasteiger partial charge in [-0.2, -0.15) is 0 Å². The molecular weight excluding hydrogens is 300 g/mol. The highest BCUT2D eigenvalue weighted by Gasteiger charge is 2.34. The lowest BCUT2D eigenvalue weighted by Gasteiger charge is -2.39. The van der Waals surface area contributed by atoms with Gasteiger partial charge in [0.05, 0.1) is 30.8 Å². The summed E-state index contributed by atoms with van der Waals surface area (Å²) >= 11 is 0. The third kappa shape index (κ3) is 2.99. The van der Waals surface area contributed by atoms with Crippen molar-refractivity contribution in [2.24, 2.45) is 7.05 Å². The Bertz CT molecular complexity index is 673. The predicted molar refractivity (Wildman–Crippen MR) is 94.0 cm³/mol. The molecule has 1 aromatic carbocycles. The fourth-order valence-electron chi connectivity index (χ4n) is 4.09. The van der Waals surface area contributed by atoms with Gasteiger partial charge in [-0.1, -0.05) is 24.3 Å². The minimum Gasteiger partial charge on any atom is -0.374 e. The van der Waals surface area contributed by atoms with Crippen LogP contribution in [0.3, 0.4) is 0 Å². The molecule has 0 bridgehead atoms. The zero-order valence-corrected chi connectivity index (χ0v) is 14.5. The lowest BCUT2D eigenvalue weighted by atomic mass is 10.0. The van der Waals surface area contributed by atoms with E-state index < -0.39 is 0 Å². The first-order valence-corrected chi connectivity index (χ1v) is 8.80. The van der Waals surface area contributed by atoms with Gasteiger partial charge in [-0.25, -0.2) is 4.98 Å². The van der Waals surface area contributed by atoms with E-state index in [9.17, 15) is 0 Å². The SMILES string of the molecule is CN1CCO[C@@H](CNC2Cc3ccccc3C2)[C@@H]1c1cncn1C. The molecule has 0 unspecified atom stereocenters. The summed E-state index contributed by atoms with van der Waals surface area (Å²) in [6.07, 6.45) is 6.23. The second-order valence-corrected chi connectivity index (χ2v) is 7.05. The molecule has 1 aliphatic heterocycles. The third-order valence-electron chi connectivity index (χ3n) is 5.42. The summed E-state index contributed by atoms with van der Waals surface area (Å²) in [5.41, 5.74) is 4.19. The van der Waals surface area contributed by atoms with Crippen molar-refractivity contribution >= 4 is 0 Å². The van der Waals surface area contributed by atoms with Crippen LogP contribution >= 0.6 is 0 Å². The molecule has 5 heteroatoms. The standard InChI is InChI=1S/C19H26N4O/c1-22-7-8-24-18(19(22)17-11-20-13-23(17)2)12-21-16-9-14-5-3-4-6-15(14)10-16/h3-6,11,13,16,18-19,21H,7-10,12H2,1-2H3/t18-,19-/m0/s1. The van der Waals surface area contributed by atoms with E-state index in [4.69, 9.17) is 4.74 Å². The summed E-state index contributed by atoms with van der Waals surface area (Å²) in [4.78, 5) is 6.68. The minimum atomic E-state index is 0.155. The van der Waals surface area contributed by atoms with Crippen LogP contribution in [0.1, 0.15) is 22.9 Å². The number of aryl methyl sites for hydroxylation is 1. The molecule has 4 rings (SSSR count). The maximum atomic E-state index is 6.13. The van der Waals surface area contributed by atoms with Gasteiger partial charge in [-0.15, -0.1) is 0 Å². The number of nitrogens with zero attached hydrogens (tertiary/aromatic N) is 3. The van der Waals surface area contributed by atoms with Crippen LogP contribution in [0.2, 0.25) is 0 Å². The van der Waals surface area contributed by atoms with Gasteiger partial charge in [0, 0.05) is 32.4 Å². The Balaban J connectivity index is 1.42. The number of hydrogen-bond acceptors (Lipinski definition) is 4. The Kier molecular flexibility index (Phi) is 4.39. The Hall–Kier alpha value is -1.69. The molecule has 1 aromatic heterocycles. The van der Waals surface area contributed by atoms with Crippen molar-refractivity contribution in [3.8, 4) is 0 Å². The quantitative estimate of drug-likeness (QED) is 0.926. The van der Waals surface area contributed by atoms with Gasteiger partial charge in [-0.3, -0.25) is 4.90 Å². The number of fused-ring (bicyclic) bond motifs is 1. The molecular formula is C19H26N4O.